The lowest BCUT2D eigenvalue weighted by atomic mass is 9.84. The van der Waals surface area contributed by atoms with E-state index in [1.54, 1.807) is 0 Å². The maximum Gasteiger partial charge on any atom is 0.0540 e. The Bertz CT molecular complexity index is 370. The molecule has 1 aliphatic rings. The molecule has 0 saturated heterocycles. The van der Waals surface area contributed by atoms with Crippen molar-refractivity contribution in [1.82, 2.24) is 10.3 Å². The highest BCUT2D eigenvalue weighted by atomic mass is 16.3. The van der Waals surface area contributed by atoms with Crippen molar-refractivity contribution in [3.05, 3.63) is 30.1 Å². The van der Waals surface area contributed by atoms with Crippen molar-refractivity contribution in [2.45, 2.75) is 51.0 Å². The molecule has 1 aromatic heterocycles. The standard InChI is InChI=1S/C16H26N2O/c1-16(2,14-7-9-17-10-8-14)12-18-11-13-3-5-15(19)6-4-13/h7-10,13,15,18-19H,3-6,11-12H2,1-2H3. The van der Waals surface area contributed by atoms with E-state index in [4.69, 9.17) is 0 Å². The summed E-state index contributed by atoms with van der Waals surface area (Å²) < 4.78 is 0. The van der Waals surface area contributed by atoms with E-state index < -0.39 is 0 Å². The number of hydrogen-bond donors (Lipinski definition) is 2. The molecule has 0 radical (unpaired) electrons. The summed E-state index contributed by atoms with van der Waals surface area (Å²) in [6.45, 7) is 6.58. The molecule has 1 saturated carbocycles. The van der Waals surface area contributed by atoms with E-state index in [0.29, 0.717) is 0 Å². The van der Waals surface area contributed by atoms with Crippen LogP contribution in [0, 0.1) is 5.92 Å². The van der Waals surface area contributed by atoms with Crippen molar-refractivity contribution in [3.8, 4) is 0 Å². The highest BCUT2D eigenvalue weighted by Gasteiger charge is 2.22. The topological polar surface area (TPSA) is 45.1 Å². The molecule has 1 aliphatic carbocycles. The minimum atomic E-state index is -0.0514. The molecule has 1 heterocycles. The Morgan fingerprint density at radius 3 is 2.47 bits per heavy atom. The first-order valence-corrected chi connectivity index (χ1v) is 7.37. The molecule has 1 aromatic rings. The maximum atomic E-state index is 9.50. The van der Waals surface area contributed by atoms with Crippen molar-refractivity contribution >= 4 is 0 Å². The third-order valence-corrected chi connectivity index (χ3v) is 4.28. The summed E-state index contributed by atoms with van der Waals surface area (Å²) in [6.07, 6.45) is 7.93. The first-order chi connectivity index (χ1) is 9.08. The summed E-state index contributed by atoms with van der Waals surface area (Å²) in [5.74, 6) is 0.733. The van der Waals surface area contributed by atoms with E-state index in [1.807, 2.05) is 12.4 Å². The molecule has 3 nitrogen and oxygen atoms in total. The van der Waals surface area contributed by atoms with Crippen LogP contribution in [0.15, 0.2) is 24.5 Å². The van der Waals surface area contributed by atoms with Crippen LogP contribution in [0.4, 0.5) is 0 Å². The molecule has 0 unspecified atom stereocenters. The van der Waals surface area contributed by atoms with Crippen LogP contribution in [0.25, 0.3) is 0 Å². The highest BCUT2D eigenvalue weighted by molar-refractivity contribution is 5.20. The fourth-order valence-corrected chi connectivity index (χ4v) is 2.84. The number of nitrogens with one attached hydrogen (secondary N) is 1. The monoisotopic (exact) mass is 262 g/mol. The first kappa shape index (κ1) is 14.5. The van der Waals surface area contributed by atoms with Gasteiger partial charge in [0.1, 0.15) is 0 Å². The fraction of sp³-hybridized carbons (Fsp3) is 0.688. The molecule has 0 aliphatic heterocycles. The Morgan fingerprint density at radius 2 is 1.84 bits per heavy atom. The quantitative estimate of drug-likeness (QED) is 0.857. The number of hydrogen-bond acceptors (Lipinski definition) is 3. The highest BCUT2D eigenvalue weighted by Crippen LogP contribution is 2.25. The molecule has 2 rings (SSSR count). The maximum absolute atomic E-state index is 9.50. The van der Waals surface area contributed by atoms with Crippen LogP contribution in [0.1, 0.15) is 45.1 Å². The van der Waals surface area contributed by atoms with E-state index in [9.17, 15) is 5.11 Å². The molecule has 0 amide bonds. The van der Waals surface area contributed by atoms with Crippen LogP contribution in [0.5, 0.6) is 0 Å². The van der Waals surface area contributed by atoms with Crippen LogP contribution in [-0.2, 0) is 5.41 Å². The zero-order chi connectivity index (χ0) is 13.7. The summed E-state index contributed by atoms with van der Waals surface area (Å²) in [5, 5.41) is 13.1. The van der Waals surface area contributed by atoms with E-state index in [-0.39, 0.29) is 11.5 Å². The van der Waals surface area contributed by atoms with Gasteiger partial charge in [-0.05, 0) is 55.8 Å². The fourth-order valence-electron chi connectivity index (χ4n) is 2.84. The zero-order valence-corrected chi connectivity index (χ0v) is 12.1. The number of aromatic nitrogens is 1. The second kappa shape index (κ2) is 6.49. The molecule has 1 fully saturated rings. The largest absolute Gasteiger partial charge is 0.393 e. The average molecular weight is 262 g/mol. The van der Waals surface area contributed by atoms with E-state index in [2.05, 4.69) is 36.3 Å². The number of rotatable bonds is 5. The zero-order valence-electron chi connectivity index (χ0n) is 12.1. The van der Waals surface area contributed by atoms with Gasteiger partial charge in [0.15, 0.2) is 0 Å². The second-order valence-electron chi connectivity index (χ2n) is 6.43. The summed E-state index contributed by atoms with van der Waals surface area (Å²) in [6, 6.07) is 4.19. The second-order valence-corrected chi connectivity index (χ2v) is 6.43. The lowest BCUT2D eigenvalue weighted by molar-refractivity contribution is 0.108. The van der Waals surface area contributed by atoms with E-state index in [1.165, 1.54) is 5.56 Å². The molecular weight excluding hydrogens is 236 g/mol. The van der Waals surface area contributed by atoms with Gasteiger partial charge in [-0.2, -0.15) is 0 Å². The van der Waals surface area contributed by atoms with Gasteiger partial charge in [-0.15, -0.1) is 0 Å². The van der Waals surface area contributed by atoms with Crippen LogP contribution in [0.2, 0.25) is 0 Å². The molecule has 0 aromatic carbocycles. The van der Waals surface area contributed by atoms with Gasteiger partial charge >= 0.3 is 0 Å². The van der Waals surface area contributed by atoms with Gasteiger partial charge in [0.05, 0.1) is 6.10 Å². The summed E-state index contributed by atoms with van der Waals surface area (Å²) in [5.41, 5.74) is 1.46. The summed E-state index contributed by atoms with van der Waals surface area (Å²) in [4.78, 5) is 4.08. The minimum Gasteiger partial charge on any atom is -0.393 e. The molecule has 3 heteroatoms. The van der Waals surface area contributed by atoms with Gasteiger partial charge < -0.3 is 10.4 Å². The Labute approximate surface area is 116 Å². The lowest BCUT2D eigenvalue weighted by Gasteiger charge is -2.29. The van der Waals surface area contributed by atoms with Crippen LogP contribution in [0.3, 0.4) is 0 Å². The first-order valence-electron chi connectivity index (χ1n) is 7.37. The Kier molecular flexibility index (Phi) is 4.94. The van der Waals surface area contributed by atoms with Crippen molar-refractivity contribution in [2.75, 3.05) is 13.1 Å². The van der Waals surface area contributed by atoms with Crippen LogP contribution in [-0.4, -0.2) is 29.3 Å². The molecule has 19 heavy (non-hydrogen) atoms. The van der Waals surface area contributed by atoms with Crippen molar-refractivity contribution in [1.29, 1.82) is 0 Å². The summed E-state index contributed by atoms with van der Waals surface area (Å²) in [7, 11) is 0. The number of nitrogens with zero attached hydrogens (tertiary/aromatic N) is 1. The van der Waals surface area contributed by atoms with Gasteiger partial charge in [-0.25, -0.2) is 0 Å². The number of aliphatic hydroxyl groups is 1. The molecule has 0 spiro atoms. The van der Waals surface area contributed by atoms with Crippen molar-refractivity contribution in [3.63, 3.8) is 0 Å². The SMILES string of the molecule is CC(C)(CNCC1CCC(O)CC1)c1ccncc1. The van der Waals surface area contributed by atoms with Gasteiger partial charge in [-0.1, -0.05) is 13.8 Å². The molecule has 2 N–H and O–H groups in total. The van der Waals surface area contributed by atoms with Crippen molar-refractivity contribution in [2.24, 2.45) is 5.92 Å². The third kappa shape index (κ3) is 4.29. The lowest BCUT2D eigenvalue weighted by Crippen LogP contribution is -2.36. The molecular formula is C16H26N2O. The Morgan fingerprint density at radius 1 is 1.21 bits per heavy atom. The van der Waals surface area contributed by atoms with E-state index in [0.717, 1.165) is 44.7 Å². The van der Waals surface area contributed by atoms with E-state index >= 15 is 0 Å². The third-order valence-electron chi connectivity index (χ3n) is 4.28. The Hall–Kier alpha value is -0.930. The van der Waals surface area contributed by atoms with Gasteiger partial charge in [0.2, 0.25) is 0 Å². The predicted molar refractivity (Wildman–Crippen MR) is 78.1 cm³/mol. The van der Waals surface area contributed by atoms with Crippen molar-refractivity contribution < 1.29 is 5.11 Å². The normalized spacial score (nSPS) is 24.4. The Balaban J connectivity index is 1.76. The molecule has 0 bridgehead atoms. The minimum absolute atomic E-state index is 0.0514. The number of pyridine rings is 1. The summed E-state index contributed by atoms with van der Waals surface area (Å²) >= 11 is 0. The molecule has 0 atom stereocenters. The number of aliphatic hydroxyl groups excluding tert-OH is 1. The van der Waals surface area contributed by atoms with Gasteiger partial charge in [0.25, 0.3) is 0 Å². The van der Waals surface area contributed by atoms with Gasteiger partial charge in [-0.3, -0.25) is 4.98 Å². The smallest absolute Gasteiger partial charge is 0.0540 e. The van der Waals surface area contributed by atoms with Crippen LogP contribution >= 0.6 is 0 Å². The molecule has 106 valence electrons. The van der Waals surface area contributed by atoms with Gasteiger partial charge in [0, 0.05) is 24.4 Å². The average Bonchev–Trinajstić information content (AvgIpc) is 2.42. The predicted octanol–water partition coefficient (Wildman–Crippen LogP) is 2.50. The van der Waals surface area contributed by atoms with Crippen LogP contribution < -0.4 is 5.32 Å².